The number of nitrogens with one attached hydrogen (secondary N) is 1. The Hall–Kier alpha value is -1.25. The molecule has 0 spiro atoms. The van der Waals surface area contributed by atoms with Gasteiger partial charge in [0.25, 0.3) is 0 Å². The zero-order valence-corrected chi connectivity index (χ0v) is 18.7. The van der Waals surface area contributed by atoms with Gasteiger partial charge in [0.15, 0.2) is 0 Å². The molecule has 3 rings (SSSR count). The molecule has 2 fully saturated rings. The second kappa shape index (κ2) is 12.4. The molecule has 2 aliphatic heterocycles. The van der Waals surface area contributed by atoms with Crippen LogP contribution in [0.15, 0.2) is 18.2 Å². The van der Waals surface area contributed by atoms with Gasteiger partial charge in [-0.25, -0.2) is 0 Å². The predicted molar refractivity (Wildman–Crippen MR) is 117 cm³/mol. The minimum atomic E-state index is -0.439. The maximum absolute atomic E-state index is 12.5. The molecule has 0 saturated carbocycles. The number of likely N-dealkylation sites (tertiary alicyclic amines) is 1. The fraction of sp³-hybridized carbons (Fsp3) is 0.650. The number of hydrogen-bond acceptors (Lipinski definition) is 6. The van der Waals surface area contributed by atoms with Crippen molar-refractivity contribution in [2.75, 3.05) is 40.5 Å². The molecule has 0 aliphatic carbocycles. The summed E-state index contributed by atoms with van der Waals surface area (Å²) in [5, 5.41) is 3.14. The number of carbonyl (C=O) groups excluding carboxylic acids is 1. The van der Waals surface area contributed by atoms with Gasteiger partial charge in [-0.15, -0.1) is 24.8 Å². The molecule has 166 valence electrons. The van der Waals surface area contributed by atoms with Gasteiger partial charge in [0, 0.05) is 45.0 Å². The summed E-state index contributed by atoms with van der Waals surface area (Å²) in [4.78, 5) is 14.8. The Morgan fingerprint density at radius 3 is 2.38 bits per heavy atom. The maximum Gasteiger partial charge on any atom is 0.237 e. The van der Waals surface area contributed by atoms with Crippen LogP contribution in [0.1, 0.15) is 24.8 Å². The Labute approximate surface area is 185 Å². The van der Waals surface area contributed by atoms with Crippen LogP contribution in [0.4, 0.5) is 0 Å². The van der Waals surface area contributed by atoms with Crippen LogP contribution in [0.3, 0.4) is 0 Å². The van der Waals surface area contributed by atoms with Gasteiger partial charge in [-0.1, -0.05) is 0 Å². The monoisotopic (exact) mass is 449 g/mol. The molecule has 2 aliphatic rings. The van der Waals surface area contributed by atoms with E-state index in [0.29, 0.717) is 13.2 Å². The van der Waals surface area contributed by atoms with E-state index >= 15 is 0 Å². The summed E-state index contributed by atoms with van der Waals surface area (Å²) in [6.45, 7) is 3.97. The van der Waals surface area contributed by atoms with Gasteiger partial charge in [0.2, 0.25) is 5.91 Å². The fourth-order valence-corrected chi connectivity index (χ4v) is 3.90. The Kier molecular flexibility index (Phi) is 11.1. The number of nitrogens with zero attached hydrogens (tertiary/aromatic N) is 1. The lowest BCUT2D eigenvalue weighted by Gasteiger charge is -2.27. The van der Waals surface area contributed by atoms with E-state index in [-0.39, 0.29) is 42.7 Å². The number of rotatable bonds is 7. The number of methoxy groups -OCH3 is 2. The van der Waals surface area contributed by atoms with Crippen molar-refractivity contribution in [3.63, 3.8) is 0 Å². The third-order valence-corrected chi connectivity index (χ3v) is 5.51. The fourth-order valence-electron chi connectivity index (χ4n) is 3.90. The van der Waals surface area contributed by atoms with Crippen LogP contribution in [-0.2, 0) is 16.1 Å². The Morgan fingerprint density at radius 1 is 1.17 bits per heavy atom. The van der Waals surface area contributed by atoms with Crippen LogP contribution in [0.5, 0.6) is 11.5 Å². The lowest BCUT2D eigenvalue weighted by molar-refractivity contribution is -0.125. The largest absolute Gasteiger partial charge is 0.497 e. The molecule has 0 bridgehead atoms. The molecule has 2 unspecified atom stereocenters. The number of halogens is 2. The Balaban J connectivity index is 0.00000210. The van der Waals surface area contributed by atoms with Crippen molar-refractivity contribution >= 4 is 30.7 Å². The van der Waals surface area contributed by atoms with Gasteiger partial charge in [0.05, 0.1) is 20.3 Å². The Morgan fingerprint density at radius 2 is 1.79 bits per heavy atom. The van der Waals surface area contributed by atoms with Crippen molar-refractivity contribution in [1.29, 1.82) is 0 Å². The molecular formula is C20H33Cl2N3O4. The number of amides is 1. The third kappa shape index (κ3) is 7.19. The molecule has 2 atom stereocenters. The van der Waals surface area contributed by atoms with Crippen molar-refractivity contribution in [2.45, 2.75) is 37.9 Å². The van der Waals surface area contributed by atoms with E-state index in [4.69, 9.17) is 19.9 Å². The minimum Gasteiger partial charge on any atom is -0.497 e. The van der Waals surface area contributed by atoms with Crippen molar-refractivity contribution in [3.8, 4) is 11.5 Å². The van der Waals surface area contributed by atoms with Crippen LogP contribution in [0, 0.1) is 5.92 Å². The average molecular weight is 450 g/mol. The van der Waals surface area contributed by atoms with E-state index in [0.717, 1.165) is 56.0 Å². The third-order valence-electron chi connectivity index (χ3n) is 5.51. The highest BCUT2D eigenvalue weighted by atomic mass is 35.5. The molecule has 1 amide bonds. The summed E-state index contributed by atoms with van der Waals surface area (Å²) < 4.78 is 16.0. The van der Waals surface area contributed by atoms with Gasteiger partial charge < -0.3 is 25.3 Å². The van der Waals surface area contributed by atoms with E-state index in [9.17, 15) is 4.79 Å². The first-order valence-corrected chi connectivity index (χ1v) is 9.67. The van der Waals surface area contributed by atoms with E-state index in [2.05, 4.69) is 10.2 Å². The number of hydrogen-bond donors (Lipinski definition) is 2. The number of benzene rings is 1. The zero-order chi connectivity index (χ0) is 19.2. The van der Waals surface area contributed by atoms with Crippen molar-refractivity contribution < 1.29 is 19.0 Å². The van der Waals surface area contributed by atoms with Crippen molar-refractivity contribution in [3.05, 3.63) is 23.8 Å². The van der Waals surface area contributed by atoms with Gasteiger partial charge >= 0.3 is 0 Å². The van der Waals surface area contributed by atoms with Gasteiger partial charge in [0.1, 0.15) is 11.5 Å². The lowest BCUT2D eigenvalue weighted by Crippen LogP contribution is -2.50. The highest BCUT2D eigenvalue weighted by Gasteiger charge is 2.30. The highest BCUT2D eigenvalue weighted by molar-refractivity contribution is 5.85. The second-order valence-electron chi connectivity index (χ2n) is 7.43. The average Bonchev–Trinajstić information content (AvgIpc) is 3.14. The highest BCUT2D eigenvalue weighted by Crippen LogP contribution is 2.24. The SMILES string of the molecule is COc1cc(CN2CCC(NC(=O)C(N)C3CCOCC3)C2)cc(OC)c1.Cl.Cl. The Bertz CT molecular complexity index is 622. The van der Waals surface area contributed by atoms with Gasteiger partial charge in [-0.05, 0) is 42.9 Å². The quantitative estimate of drug-likeness (QED) is 0.661. The number of ether oxygens (including phenoxy) is 3. The first kappa shape index (κ1) is 25.8. The lowest BCUT2D eigenvalue weighted by atomic mass is 9.91. The van der Waals surface area contributed by atoms with E-state index in [1.807, 2.05) is 18.2 Å². The molecular weight excluding hydrogens is 417 g/mol. The van der Waals surface area contributed by atoms with Gasteiger partial charge in [-0.2, -0.15) is 0 Å². The summed E-state index contributed by atoms with van der Waals surface area (Å²) in [6.07, 6.45) is 2.67. The van der Waals surface area contributed by atoms with Crippen LogP contribution in [0.25, 0.3) is 0 Å². The predicted octanol–water partition coefficient (Wildman–Crippen LogP) is 1.99. The zero-order valence-electron chi connectivity index (χ0n) is 17.1. The molecule has 2 saturated heterocycles. The molecule has 29 heavy (non-hydrogen) atoms. The first-order chi connectivity index (χ1) is 13.1. The number of nitrogens with two attached hydrogens (primary N) is 1. The van der Waals surface area contributed by atoms with Crippen LogP contribution in [0.2, 0.25) is 0 Å². The van der Waals surface area contributed by atoms with Crippen LogP contribution < -0.4 is 20.5 Å². The standard InChI is InChI=1S/C20H31N3O4.2ClH/c1-25-17-9-14(10-18(11-17)26-2)12-23-6-3-16(13-23)22-20(24)19(21)15-4-7-27-8-5-15;;/h9-11,15-16,19H,3-8,12-13,21H2,1-2H3,(H,22,24);2*1H. The second-order valence-corrected chi connectivity index (χ2v) is 7.43. The summed E-state index contributed by atoms with van der Waals surface area (Å²) in [5.41, 5.74) is 7.32. The topological polar surface area (TPSA) is 86.1 Å². The minimum absolute atomic E-state index is 0. The van der Waals surface area contributed by atoms with Crippen molar-refractivity contribution in [2.24, 2.45) is 11.7 Å². The summed E-state index contributed by atoms with van der Waals surface area (Å²) >= 11 is 0. The van der Waals surface area contributed by atoms with Crippen LogP contribution >= 0.6 is 24.8 Å². The molecule has 1 aromatic carbocycles. The summed E-state index contributed by atoms with van der Waals surface area (Å²) in [6, 6.07) is 5.63. The molecule has 9 heteroatoms. The molecule has 0 radical (unpaired) electrons. The number of carbonyl (C=O) groups is 1. The van der Waals surface area contributed by atoms with Crippen molar-refractivity contribution in [1.82, 2.24) is 10.2 Å². The molecule has 0 aromatic heterocycles. The van der Waals surface area contributed by atoms with E-state index < -0.39 is 6.04 Å². The smallest absolute Gasteiger partial charge is 0.237 e. The normalized spacial score (nSPS) is 20.9. The van der Waals surface area contributed by atoms with Crippen LogP contribution in [-0.4, -0.2) is 63.4 Å². The first-order valence-electron chi connectivity index (χ1n) is 9.67. The van der Waals surface area contributed by atoms with E-state index in [1.54, 1.807) is 14.2 Å². The molecule has 1 aromatic rings. The van der Waals surface area contributed by atoms with E-state index in [1.165, 1.54) is 0 Å². The maximum atomic E-state index is 12.5. The molecule has 7 nitrogen and oxygen atoms in total. The van der Waals surface area contributed by atoms with Gasteiger partial charge in [-0.3, -0.25) is 9.69 Å². The molecule has 3 N–H and O–H groups in total. The molecule has 2 heterocycles. The summed E-state index contributed by atoms with van der Waals surface area (Å²) in [5.74, 6) is 1.77. The summed E-state index contributed by atoms with van der Waals surface area (Å²) in [7, 11) is 3.31.